The molecule has 0 aliphatic rings. The van der Waals surface area contributed by atoms with Crippen molar-refractivity contribution >= 4 is 17.9 Å². The van der Waals surface area contributed by atoms with Crippen molar-refractivity contribution in [3.8, 4) is 0 Å². The number of halogens is 1. The minimum Gasteiger partial charge on any atom is -0.303 e. The Kier molecular flexibility index (Phi) is 4.59. The summed E-state index contributed by atoms with van der Waals surface area (Å²) in [6, 6.07) is 27.9. The van der Waals surface area contributed by atoms with Gasteiger partial charge in [-0.1, -0.05) is 90.5 Å². The van der Waals surface area contributed by atoms with Gasteiger partial charge in [0.15, 0.2) is 0 Å². The van der Waals surface area contributed by atoms with E-state index in [0.717, 1.165) is 23.0 Å². The van der Waals surface area contributed by atoms with Crippen molar-refractivity contribution in [3.05, 3.63) is 107 Å². The van der Waals surface area contributed by atoms with Crippen LogP contribution in [0, 0.1) is 0 Å². The Hall–Kier alpha value is -2.38. The van der Waals surface area contributed by atoms with E-state index in [-0.39, 0.29) is 0 Å². The molecular formula is C21H17ClO. The van der Waals surface area contributed by atoms with Crippen molar-refractivity contribution in [3.63, 3.8) is 0 Å². The van der Waals surface area contributed by atoms with E-state index in [1.807, 2.05) is 60.7 Å². The lowest BCUT2D eigenvalue weighted by Crippen LogP contribution is -2.30. The molecule has 0 spiro atoms. The van der Waals surface area contributed by atoms with Crippen LogP contribution in [-0.4, -0.2) is 6.29 Å². The van der Waals surface area contributed by atoms with Gasteiger partial charge in [0.05, 0.1) is 5.41 Å². The first-order valence-corrected chi connectivity index (χ1v) is 7.96. The molecule has 0 atom stereocenters. The largest absolute Gasteiger partial charge is 0.303 e. The van der Waals surface area contributed by atoms with Gasteiger partial charge < -0.3 is 4.79 Å². The number of benzene rings is 3. The number of hydrogen-bond donors (Lipinski definition) is 0. The molecule has 0 aromatic heterocycles. The van der Waals surface area contributed by atoms with E-state index >= 15 is 0 Å². The van der Waals surface area contributed by atoms with Crippen molar-refractivity contribution in [2.24, 2.45) is 0 Å². The van der Waals surface area contributed by atoms with Crippen LogP contribution < -0.4 is 0 Å². The van der Waals surface area contributed by atoms with E-state index in [4.69, 9.17) is 11.6 Å². The Bertz CT molecular complexity index is 742. The van der Waals surface area contributed by atoms with E-state index in [9.17, 15) is 4.79 Å². The van der Waals surface area contributed by atoms with Crippen molar-refractivity contribution in [1.29, 1.82) is 0 Å². The van der Waals surface area contributed by atoms with E-state index < -0.39 is 5.41 Å². The van der Waals surface area contributed by atoms with Gasteiger partial charge in [0.2, 0.25) is 0 Å². The van der Waals surface area contributed by atoms with Crippen LogP contribution in [0.15, 0.2) is 84.9 Å². The molecule has 23 heavy (non-hydrogen) atoms. The molecule has 0 saturated carbocycles. The van der Waals surface area contributed by atoms with Gasteiger partial charge in [-0.3, -0.25) is 0 Å². The molecule has 0 saturated heterocycles. The van der Waals surface area contributed by atoms with E-state index in [0.29, 0.717) is 11.4 Å². The fraction of sp³-hybridized carbons (Fsp3) is 0.0952. The average molecular weight is 321 g/mol. The molecule has 3 aromatic rings. The Morgan fingerprint density at radius 1 is 0.739 bits per heavy atom. The standard InChI is InChI=1S/C21H17ClO/c22-20-14-8-7-13-19(20)21(15-16-23,17-9-3-1-4-10-17)18-11-5-2-6-12-18/h1-14,16H,15H2. The van der Waals surface area contributed by atoms with Gasteiger partial charge in [0.1, 0.15) is 6.29 Å². The second kappa shape index (κ2) is 6.80. The summed E-state index contributed by atoms with van der Waals surface area (Å²) in [5, 5.41) is 0.669. The highest BCUT2D eigenvalue weighted by Gasteiger charge is 2.37. The zero-order chi connectivity index (χ0) is 16.1. The monoisotopic (exact) mass is 320 g/mol. The molecule has 0 aliphatic heterocycles. The summed E-state index contributed by atoms with van der Waals surface area (Å²) in [7, 11) is 0. The Morgan fingerprint density at radius 3 is 1.70 bits per heavy atom. The van der Waals surface area contributed by atoms with Crippen LogP contribution in [0.3, 0.4) is 0 Å². The summed E-state index contributed by atoms with van der Waals surface area (Å²) >= 11 is 6.53. The van der Waals surface area contributed by atoms with E-state index in [2.05, 4.69) is 24.3 Å². The third kappa shape index (κ3) is 2.80. The quantitative estimate of drug-likeness (QED) is 0.462. The van der Waals surface area contributed by atoms with Crippen LogP contribution in [0.2, 0.25) is 5.02 Å². The SMILES string of the molecule is O=CCC(c1ccccc1)(c1ccccc1)c1ccccc1Cl. The van der Waals surface area contributed by atoms with Gasteiger partial charge in [0.25, 0.3) is 0 Å². The summed E-state index contributed by atoms with van der Waals surface area (Å²) < 4.78 is 0. The molecule has 114 valence electrons. The molecule has 1 nitrogen and oxygen atoms in total. The molecular weight excluding hydrogens is 304 g/mol. The van der Waals surface area contributed by atoms with Gasteiger partial charge in [-0.05, 0) is 22.8 Å². The molecule has 0 N–H and O–H groups in total. The van der Waals surface area contributed by atoms with Gasteiger partial charge in [-0.2, -0.15) is 0 Å². The first kappa shape index (κ1) is 15.5. The van der Waals surface area contributed by atoms with Crippen LogP contribution in [0.4, 0.5) is 0 Å². The van der Waals surface area contributed by atoms with Crippen molar-refractivity contribution < 1.29 is 4.79 Å². The van der Waals surface area contributed by atoms with Gasteiger partial charge in [-0.25, -0.2) is 0 Å². The number of hydrogen-bond acceptors (Lipinski definition) is 1. The molecule has 0 unspecified atom stereocenters. The van der Waals surface area contributed by atoms with Crippen LogP contribution in [0.1, 0.15) is 23.1 Å². The van der Waals surface area contributed by atoms with E-state index in [1.54, 1.807) is 0 Å². The summed E-state index contributed by atoms with van der Waals surface area (Å²) in [4.78, 5) is 11.6. The topological polar surface area (TPSA) is 17.1 Å². The summed E-state index contributed by atoms with van der Waals surface area (Å²) in [5.41, 5.74) is 2.49. The highest BCUT2D eigenvalue weighted by molar-refractivity contribution is 6.31. The van der Waals surface area contributed by atoms with Crippen LogP contribution in [-0.2, 0) is 10.2 Å². The molecule has 3 aromatic carbocycles. The number of carbonyl (C=O) groups is 1. The smallest absolute Gasteiger partial charge is 0.121 e. The molecule has 0 amide bonds. The predicted octanol–water partition coefficient (Wildman–Crippen LogP) is 5.26. The Labute approximate surface area is 141 Å². The lowest BCUT2D eigenvalue weighted by molar-refractivity contribution is -0.108. The third-order valence-electron chi connectivity index (χ3n) is 4.26. The van der Waals surface area contributed by atoms with Crippen molar-refractivity contribution in [2.45, 2.75) is 11.8 Å². The zero-order valence-electron chi connectivity index (χ0n) is 12.7. The minimum absolute atomic E-state index is 0.338. The van der Waals surface area contributed by atoms with Crippen LogP contribution in [0.5, 0.6) is 0 Å². The average Bonchev–Trinajstić information content (AvgIpc) is 2.62. The normalized spacial score (nSPS) is 11.2. The molecule has 0 heterocycles. The van der Waals surface area contributed by atoms with E-state index in [1.165, 1.54) is 0 Å². The maximum Gasteiger partial charge on any atom is 0.121 e. The second-order valence-electron chi connectivity index (χ2n) is 5.49. The maximum absolute atomic E-state index is 11.6. The lowest BCUT2D eigenvalue weighted by atomic mass is 9.67. The Balaban J connectivity index is 2.36. The minimum atomic E-state index is -0.581. The fourth-order valence-corrected chi connectivity index (χ4v) is 3.50. The molecule has 0 radical (unpaired) electrons. The first-order chi connectivity index (χ1) is 11.3. The molecule has 2 heteroatoms. The number of aldehydes is 1. The first-order valence-electron chi connectivity index (χ1n) is 7.59. The van der Waals surface area contributed by atoms with Gasteiger partial charge >= 0.3 is 0 Å². The molecule has 0 bridgehead atoms. The Morgan fingerprint density at radius 2 is 1.22 bits per heavy atom. The van der Waals surface area contributed by atoms with Crippen LogP contribution >= 0.6 is 11.6 Å². The van der Waals surface area contributed by atoms with Crippen molar-refractivity contribution in [2.75, 3.05) is 0 Å². The lowest BCUT2D eigenvalue weighted by Gasteiger charge is -2.35. The molecule has 0 aliphatic carbocycles. The second-order valence-corrected chi connectivity index (χ2v) is 5.90. The zero-order valence-corrected chi connectivity index (χ0v) is 13.4. The van der Waals surface area contributed by atoms with Crippen LogP contribution in [0.25, 0.3) is 0 Å². The molecule has 3 rings (SSSR count). The number of rotatable bonds is 5. The summed E-state index contributed by atoms with van der Waals surface area (Å²) in [5.74, 6) is 0. The highest BCUT2D eigenvalue weighted by Crippen LogP contribution is 2.44. The number of carbonyl (C=O) groups excluding carboxylic acids is 1. The molecule has 0 fully saturated rings. The predicted molar refractivity (Wildman–Crippen MR) is 94.9 cm³/mol. The van der Waals surface area contributed by atoms with Gasteiger partial charge in [-0.15, -0.1) is 0 Å². The fourth-order valence-electron chi connectivity index (χ4n) is 3.20. The summed E-state index contributed by atoms with van der Waals surface area (Å²) in [6.45, 7) is 0. The highest BCUT2D eigenvalue weighted by atomic mass is 35.5. The maximum atomic E-state index is 11.6. The van der Waals surface area contributed by atoms with Gasteiger partial charge in [0, 0.05) is 11.4 Å². The third-order valence-corrected chi connectivity index (χ3v) is 4.59. The van der Waals surface area contributed by atoms with Crippen molar-refractivity contribution in [1.82, 2.24) is 0 Å². The summed E-state index contributed by atoms with van der Waals surface area (Å²) in [6.07, 6.45) is 1.31.